The number of halogens is 2. The Morgan fingerprint density at radius 1 is 1.24 bits per heavy atom. The maximum Gasteiger partial charge on any atom is 0.289 e. The van der Waals surface area contributed by atoms with Gasteiger partial charge in [0.2, 0.25) is 5.91 Å². The number of benzene rings is 2. The van der Waals surface area contributed by atoms with Crippen LogP contribution in [0.3, 0.4) is 0 Å². The fourth-order valence-corrected chi connectivity index (χ4v) is 7.18. The second kappa shape index (κ2) is 9.83. The molecule has 8 nitrogen and oxygen atoms in total. The summed E-state index contributed by atoms with van der Waals surface area (Å²) >= 11 is 9.19. The number of carbonyl (C=O) groups excluding carboxylic acids is 1. The number of hydrogen-bond acceptors (Lipinski definition) is 5. The fourth-order valence-electron chi connectivity index (χ4n) is 5.29. The smallest absolute Gasteiger partial charge is 0.289 e. The molecule has 4 rings (SSSR count). The SMILES string of the molecule is C[C@H](NC(=O)CN(c1ccc(Br)cc1)S(=O)(=O)c1ccc(Cl)c([N+](=O)[O-])c1)[C@@H]1C[C@H]2CC[C@H]1C2. The van der Waals surface area contributed by atoms with Crippen molar-refractivity contribution in [2.45, 2.75) is 43.5 Å². The molecule has 0 heterocycles. The number of sulfonamides is 1. The number of rotatable bonds is 8. The number of carbonyl (C=O) groups is 1. The van der Waals surface area contributed by atoms with Crippen LogP contribution in [0.4, 0.5) is 11.4 Å². The van der Waals surface area contributed by atoms with Crippen molar-refractivity contribution in [1.29, 1.82) is 0 Å². The summed E-state index contributed by atoms with van der Waals surface area (Å²) in [4.78, 5) is 23.3. The molecule has 0 saturated heterocycles. The number of hydrogen-bond donors (Lipinski definition) is 1. The first-order chi connectivity index (χ1) is 16.1. The normalized spacial score (nSPS) is 22.4. The van der Waals surface area contributed by atoms with Crippen molar-refractivity contribution in [1.82, 2.24) is 5.32 Å². The van der Waals surface area contributed by atoms with Gasteiger partial charge in [0.25, 0.3) is 15.7 Å². The minimum absolute atomic E-state index is 0.0612. The van der Waals surface area contributed by atoms with E-state index in [4.69, 9.17) is 11.6 Å². The molecule has 0 aliphatic heterocycles. The molecule has 2 aromatic carbocycles. The van der Waals surface area contributed by atoms with Crippen LogP contribution in [0.2, 0.25) is 5.02 Å². The van der Waals surface area contributed by atoms with Crippen molar-refractivity contribution in [3.05, 3.63) is 62.1 Å². The van der Waals surface area contributed by atoms with Gasteiger partial charge in [-0.1, -0.05) is 34.0 Å². The van der Waals surface area contributed by atoms with E-state index in [0.717, 1.165) is 27.2 Å². The van der Waals surface area contributed by atoms with Crippen molar-refractivity contribution in [3.63, 3.8) is 0 Å². The summed E-state index contributed by atoms with van der Waals surface area (Å²) in [5, 5.41) is 14.1. The first-order valence-corrected chi connectivity index (χ1v) is 13.7. The van der Waals surface area contributed by atoms with Crippen LogP contribution in [0.5, 0.6) is 0 Å². The lowest BCUT2D eigenvalue weighted by Crippen LogP contribution is -2.46. The molecule has 0 spiro atoms. The number of nitro benzene ring substituents is 1. The quantitative estimate of drug-likeness (QED) is 0.349. The highest BCUT2D eigenvalue weighted by molar-refractivity contribution is 9.10. The largest absolute Gasteiger partial charge is 0.352 e. The van der Waals surface area contributed by atoms with E-state index in [1.807, 2.05) is 6.92 Å². The topological polar surface area (TPSA) is 110 Å². The maximum absolute atomic E-state index is 13.6. The number of nitrogens with one attached hydrogen (secondary N) is 1. The molecule has 2 aromatic rings. The van der Waals surface area contributed by atoms with Crippen molar-refractivity contribution in [3.8, 4) is 0 Å². The number of nitro groups is 1. The van der Waals surface area contributed by atoms with E-state index in [-0.39, 0.29) is 21.6 Å². The standard InChI is InChI=1S/C23H25BrClN3O5S/c1-14(20-11-15-2-3-16(20)10-15)26-23(29)13-27(18-6-4-17(24)5-7-18)34(32,33)19-8-9-21(25)22(12-19)28(30)31/h4-9,12,14-16,20H,2-3,10-11,13H2,1H3,(H,26,29)/t14-,15-,16-,20-/m0/s1. The molecule has 4 atom stereocenters. The Kier molecular flexibility index (Phi) is 7.21. The lowest BCUT2D eigenvalue weighted by Gasteiger charge is -2.30. The van der Waals surface area contributed by atoms with E-state index in [1.165, 1.54) is 31.4 Å². The minimum atomic E-state index is -4.30. The number of amides is 1. The Morgan fingerprint density at radius 2 is 1.94 bits per heavy atom. The van der Waals surface area contributed by atoms with E-state index in [2.05, 4.69) is 21.2 Å². The lowest BCUT2D eigenvalue weighted by molar-refractivity contribution is -0.384. The monoisotopic (exact) mass is 569 g/mol. The van der Waals surface area contributed by atoms with E-state index in [0.29, 0.717) is 11.8 Å². The van der Waals surface area contributed by atoms with Crippen LogP contribution in [0, 0.1) is 27.9 Å². The Morgan fingerprint density at radius 3 is 2.53 bits per heavy atom. The Bertz CT molecular complexity index is 1210. The summed E-state index contributed by atoms with van der Waals surface area (Å²) in [6.45, 7) is 1.52. The molecule has 0 aromatic heterocycles. The average Bonchev–Trinajstić information content (AvgIpc) is 3.42. The molecule has 11 heteroatoms. The van der Waals surface area contributed by atoms with Crippen LogP contribution >= 0.6 is 27.5 Å². The van der Waals surface area contributed by atoms with Crippen molar-refractivity contribution in [2.75, 3.05) is 10.8 Å². The first kappa shape index (κ1) is 24.9. The third kappa shape index (κ3) is 5.08. The summed E-state index contributed by atoms with van der Waals surface area (Å²) in [5.74, 6) is 1.32. The maximum atomic E-state index is 13.6. The van der Waals surface area contributed by atoms with Gasteiger partial charge in [-0.25, -0.2) is 8.42 Å². The summed E-state index contributed by atoms with van der Waals surface area (Å²) in [5.41, 5.74) is -0.253. The molecule has 0 radical (unpaired) electrons. The van der Waals surface area contributed by atoms with Crippen molar-refractivity contribution < 1.29 is 18.1 Å². The van der Waals surface area contributed by atoms with Crippen LogP contribution in [0.15, 0.2) is 51.8 Å². The third-order valence-corrected chi connectivity index (χ3v) is 9.55. The van der Waals surface area contributed by atoms with E-state index >= 15 is 0 Å². The fraction of sp³-hybridized carbons (Fsp3) is 0.435. The Hall–Kier alpha value is -2.17. The zero-order valence-electron chi connectivity index (χ0n) is 18.5. The highest BCUT2D eigenvalue weighted by Crippen LogP contribution is 2.49. The van der Waals surface area contributed by atoms with Gasteiger partial charge >= 0.3 is 0 Å². The minimum Gasteiger partial charge on any atom is -0.352 e. The van der Waals surface area contributed by atoms with Crippen LogP contribution in [0.25, 0.3) is 0 Å². The molecule has 0 unspecified atom stereocenters. The van der Waals surface area contributed by atoms with Crippen LogP contribution < -0.4 is 9.62 Å². The summed E-state index contributed by atoms with van der Waals surface area (Å²) < 4.78 is 28.8. The lowest BCUT2D eigenvalue weighted by atomic mass is 9.84. The summed E-state index contributed by atoms with van der Waals surface area (Å²) in [6.07, 6.45) is 4.74. The molecule has 1 N–H and O–H groups in total. The van der Waals surface area contributed by atoms with Gasteiger partial charge in [0.05, 0.1) is 15.5 Å². The van der Waals surface area contributed by atoms with Crippen molar-refractivity contribution >= 4 is 54.8 Å². The third-order valence-electron chi connectivity index (χ3n) is 6.93. The van der Waals surface area contributed by atoms with Gasteiger partial charge < -0.3 is 5.32 Å². The molecule has 2 bridgehead atoms. The first-order valence-electron chi connectivity index (χ1n) is 11.1. The average molecular weight is 571 g/mol. The molecule has 2 fully saturated rings. The van der Waals surface area contributed by atoms with Gasteiger partial charge in [-0.05, 0) is 80.3 Å². The van der Waals surface area contributed by atoms with Gasteiger partial charge in [0.15, 0.2) is 0 Å². The Labute approximate surface area is 212 Å². The van der Waals surface area contributed by atoms with Crippen LogP contribution in [-0.2, 0) is 14.8 Å². The molecule has 182 valence electrons. The van der Waals surface area contributed by atoms with E-state index in [9.17, 15) is 23.3 Å². The van der Waals surface area contributed by atoms with Gasteiger partial charge in [-0.2, -0.15) is 0 Å². The zero-order valence-corrected chi connectivity index (χ0v) is 21.6. The molecular weight excluding hydrogens is 546 g/mol. The molecule has 2 saturated carbocycles. The predicted octanol–water partition coefficient (Wildman–Crippen LogP) is 5.15. The van der Waals surface area contributed by atoms with E-state index < -0.39 is 33.1 Å². The van der Waals surface area contributed by atoms with Gasteiger partial charge in [0.1, 0.15) is 11.6 Å². The molecule has 2 aliphatic carbocycles. The van der Waals surface area contributed by atoms with Gasteiger partial charge in [0, 0.05) is 16.6 Å². The molecular formula is C23H25BrClN3O5S. The Balaban J connectivity index is 1.60. The second-order valence-electron chi connectivity index (χ2n) is 9.05. The zero-order chi connectivity index (χ0) is 24.6. The van der Waals surface area contributed by atoms with Crippen LogP contribution in [-0.4, -0.2) is 31.8 Å². The molecule has 2 aliphatic rings. The van der Waals surface area contributed by atoms with Gasteiger partial charge in [-0.3, -0.25) is 19.2 Å². The second-order valence-corrected chi connectivity index (χ2v) is 12.2. The summed E-state index contributed by atoms with van der Waals surface area (Å²) in [7, 11) is -4.30. The molecule has 1 amide bonds. The van der Waals surface area contributed by atoms with Gasteiger partial charge in [-0.15, -0.1) is 0 Å². The predicted molar refractivity (Wildman–Crippen MR) is 133 cm³/mol. The van der Waals surface area contributed by atoms with Crippen LogP contribution in [0.1, 0.15) is 32.6 Å². The number of nitrogens with zero attached hydrogens (tertiary/aromatic N) is 2. The molecule has 34 heavy (non-hydrogen) atoms. The summed E-state index contributed by atoms with van der Waals surface area (Å²) in [6, 6.07) is 9.69. The highest BCUT2D eigenvalue weighted by atomic mass is 79.9. The highest BCUT2D eigenvalue weighted by Gasteiger charge is 2.42. The number of anilines is 1. The number of fused-ring (bicyclic) bond motifs is 2. The van der Waals surface area contributed by atoms with E-state index in [1.54, 1.807) is 24.3 Å². The van der Waals surface area contributed by atoms with Crippen molar-refractivity contribution in [2.24, 2.45) is 17.8 Å².